The van der Waals surface area contributed by atoms with E-state index >= 15 is 0 Å². The summed E-state index contributed by atoms with van der Waals surface area (Å²) >= 11 is 1.24. The Morgan fingerprint density at radius 1 is 0.795 bits per heavy atom. The highest BCUT2D eigenvalue weighted by Gasteiger charge is 2.23. The maximum Gasteiger partial charge on any atom is 0.426 e. The number of hydrazine groups is 1. The van der Waals surface area contributed by atoms with Crippen molar-refractivity contribution in [3.8, 4) is 5.75 Å². The highest BCUT2D eigenvalue weighted by molar-refractivity contribution is 7.12. The standard InChI is InChI=1S/C31H33N3O4S/c1-2-37-28-18-19-39-29(28)30(35)32-33-31(36)38-23-27(20-24-12-6-3-7-13-24)34(21-25-14-8-4-9-15-25)22-26-16-10-5-11-17-26/h3-19,27H,2,20-23H2,1H3,(H,32,35)(H,33,36). The van der Waals surface area contributed by atoms with E-state index in [0.717, 1.165) is 5.56 Å². The molecule has 202 valence electrons. The molecular formula is C31H33N3O4S. The lowest BCUT2D eigenvalue weighted by Gasteiger charge is -2.32. The molecule has 39 heavy (non-hydrogen) atoms. The van der Waals surface area contributed by atoms with E-state index in [1.807, 2.05) is 61.5 Å². The fourth-order valence-corrected chi connectivity index (χ4v) is 4.96. The zero-order valence-electron chi connectivity index (χ0n) is 21.9. The minimum atomic E-state index is -0.727. The van der Waals surface area contributed by atoms with Crippen LogP contribution in [0.25, 0.3) is 0 Å². The van der Waals surface area contributed by atoms with Gasteiger partial charge in [0.2, 0.25) is 0 Å². The average Bonchev–Trinajstić information content (AvgIpc) is 3.44. The van der Waals surface area contributed by atoms with E-state index in [2.05, 4.69) is 52.1 Å². The third-order valence-electron chi connectivity index (χ3n) is 6.11. The maximum absolute atomic E-state index is 12.6. The van der Waals surface area contributed by atoms with Gasteiger partial charge in [-0.2, -0.15) is 0 Å². The van der Waals surface area contributed by atoms with Gasteiger partial charge in [0.15, 0.2) is 0 Å². The van der Waals surface area contributed by atoms with Crippen LogP contribution in [0.3, 0.4) is 0 Å². The Labute approximate surface area is 233 Å². The Morgan fingerprint density at radius 3 is 1.92 bits per heavy atom. The molecule has 3 aromatic carbocycles. The molecule has 0 bridgehead atoms. The van der Waals surface area contributed by atoms with Crippen LogP contribution in [0.2, 0.25) is 0 Å². The number of nitrogens with one attached hydrogen (secondary N) is 2. The summed E-state index contributed by atoms with van der Waals surface area (Å²) in [6.45, 7) is 3.80. The quantitative estimate of drug-likeness (QED) is 0.220. The lowest BCUT2D eigenvalue weighted by Crippen LogP contribution is -2.45. The second-order valence-electron chi connectivity index (χ2n) is 8.94. The van der Waals surface area contributed by atoms with Crippen molar-refractivity contribution >= 4 is 23.3 Å². The number of ether oxygens (including phenoxy) is 2. The van der Waals surface area contributed by atoms with Gasteiger partial charge in [-0.25, -0.2) is 10.2 Å². The summed E-state index contributed by atoms with van der Waals surface area (Å²) in [5.41, 5.74) is 8.28. The molecule has 0 saturated heterocycles. The van der Waals surface area contributed by atoms with Crippen LogP contribution in [0, 0.1) is 0 Å². The van der Waals surface area contributed by atoms with Crippen molar-refractivity contribution in [2.45, 2.75) is 32.5 Å². The first-order chi connectivity index (χ1) is 19.1. The van der Waals surface area contributed by atoms with Gasteiger partial charge in [0.25, 0.3) is 5.91 Å². The number of hydrogen-bond donors (Lipinski definition) is 2. The Bertz CT molecular complexity index is 1260. The second-order valence-corrected chi connectivity index (χ2v) is 9.86. The summed E-state index contributed by atoms with van der Waals surface area (Å²) in [7, 11) is 0. The largest absolute Gasteiger partial charge is 0.492 e. The van der Waals surface area contributed by atoms with Crippen molar-refractivity contribution in [1.82, 2.24) is 15.8 Å². The van der Waals surface area contributed by atoms with Gasteiger partial charge in [0.05, 0.1) is 6.61 Å². The van der Waals surface area contributed by atoms with E-state index in [1.54, 1.807) is 11.4 Å². The highest BCUT2D eigenvalue weighted by Crippen LogP contribution is 2.24. The molecule has 2 amide bonds. The summed E-state index contributed by atoms with van der Waals surface area (Å²) < 4.78 is 11.1. The van der Waals surface area contributed by atoms with Crippen LogP contribution >= 0.6 is 11.3 Å². The fraction of sp³-hybridized carbons (Fsp3) is 0.226. The van der Waals surface area contributed by atoms with Crippen LogP contribution < -0.4 is 15.6 Å². The highest BCUT2D eigenvalue weighted by atomic mass is 32.1. The topological polar surface area (TPSA) is 79.9 Å². The van der Waals surface area contributed by atoms with E-state index in [4.69, 9.17) is 9.47 Å². The summed E-state index contributed by atoms with van der Waals surface area (Å²) in [4.78, 5) is 27.9. The molecule has 8 heteroatoms. The molecule has 0 aliphatic rings. The molecule has 4 rings (SSSR count). The monoisotopic (exact) mass is 543 g/mol. The van der Waals surface area contributed by atoms with E-state index in [-0.39, 0.29) is 12.6 Å². The molecule has 0 saturated carbocycles. The number of carbonyl (C=O) groups is 2. The molecule has 1 aromatic heterocycles. The molecule has 1 heterocycles. The number of amides is 2. The van der Waals surface area contributed by atoms with Crippen molar-refractivity contribution in [2.75, 3.05) is 13.2 Å². The normalized spacial score (nSPS) is 11.5. The minimum Gasteiger partial charge on any atom is -0.492 e. The van der Waals surface area contributed by atoms with Crippen molar-refractivity contribution in [2.24, 2.45) is 0 Å². The summed E-state index contributed by atoms with van der Waals surface area (Å²) in [6, 6.07) is 32.3. The molecule has 1 unspecified atom stereocenters. The lowest BCUT2D eigenvalue weighted by atomic mass is 10.0. The molecule has 0 spiro atoms. The smallest absolute Gasteiger partial charge is 0.426 e. The lowest BCUT2D eigenvalue weighted by molar-refractivity contribution is 0.0748. The number of carbonyl (C=O) groups excluding carboxylic acids is 2. The van der Waals surface area contributed by atoms with Crippen molar-refractivity contribution in [1.29, 1.82) is 0 Å². The third kappa shape index (κ3) is 8.70. The van der Waals surface area contributed by atoms with Gasteiger partial charge in [0.1, 0.15) is 17.2 Å². The van der Waals surface area contributed by atoms with Crippen LogP contribution in [-0.2, 0) is 24.2 Å². The van der Waals surface area contributed by atoms with Crippen LogP contribution in [0.15, 0.2) is 102 Å². The summed E-state index contributed by atoms with van der Waals surface area (Å²) in [6.07, 6.45) is -0.0390. The number of rotatable bonds is 12. The Kier molecular flexibility index (Phi) is 10.5. The zero-order chi connectivity index (χ0) is 27.3. The first-order valence-electron chi connectivity index (χ1n) is 12.9. The van der Waals surface area contributed by atoms with Gasteiger partial charge >= 0.3 is 6.09 Å². The molecular weight excluding hydrogens is 510 g/mol. The molecule has 0 aliphatic heterocycles. The molecule has 7 nitrogen and oxygen atoms in total. The number of nitrogens with zero attached hydrogens (tertiary/aromatic N) is 1. The molecule has 0 radical (unpaired) electrons. The Morgan fingerprint density at radius 2 is 1.36 bits per heavy atom. The van der Waals surface area contributed by atoms with Gasteiger partial charge in [-0.05, 0) is 41.5 Å². The van der Waals surface area contributed by atoms with Crippen LogP contribution in [-0.4, -0.2) is 36.2 Å². The van der Waals surface area contributed by atoms with E-state index in [1.165, 1.54) is 22.5 Å². The Balaban J connectivity index is 1.45. The van der Waals surface area contributed by atoms with Crippen molar-refractivity contribution < 1.29 is 19.1 Å². The number of benzene rings is 3. The van der Waals surface area contributed by atoms with Crippen LogP contribution in [0.4, 0.5) is 4.79 Å². The fourth-order valence-electron chi connectivity index (χ4n) is 4.23. The molecule has 0 fully saturated rings. The molecule has 2 N–H and O–H groups in total. The SMILES string of the molecule is CCOc1ccsc1C(=O)NNC(=O)OCC(Cc1ccccc1)N(Cc1ccccc1)Cc1ccccc1. The van der Waals surface area contributed by atoms with E-state index in [9.17, 15) is 9.59 Å². The maximum atomic E-state index is 12.6. The van der Waals surface area contributed by atoms with Crippen molar-refractivity contribution in [3.63, 3.8) is 0 Å². The number of hydrogen-bond acceptors (Lipinski definition) is 6. The predicted octanol–water partition coefficient (Wildman–Crippen LogP) is 5.83. The Hall–Kier alpha value is -4.14. The van der Waals surface area contributed by atoms with Crippen LogP contribution in [0.1, 0.15) is 33.3 Å². The zero-order valence-corrected chi connectivity index (χ0v) is 22.7. The molecule has 1 atom stereocenters. The minimum absolute atomic E-state index is 0.115. The first kappa shape index (κ1) is 27.9. The number of thiophene rings is 1. The van der Waals surface area contributed by atoms with E-state index in [0.29, 0.717) is 36.7 Å². The molecule has 4 aromatic rings. The second kappa shape index (κ2) is 14.7. The molecule has 0 aliphatic carbocycles. The van der Waals surface area contributed by atoms with Gasteiger partial charge in [-0.15, -0.1) is 11.3 Å². The van der Waals surface area contributed by atoms with Crippen LogP contribution in [0.5, 0.6) is 5.75 Å². The summed E-state index contributed by atoms with van der Waals surface area (Å²) in [5.74, 6) is 0.0246. The van der Waals surface area contributed by atoms with Gasteiger partial charge in [-0.3, -0.25) is 15.1 Å². The van der Waals surface area contributed by atoms with Gasteiger partial charge < -0.3 is 9.47 Å². The average molecular weight is 544 g/mol. The van der Waals surface area contributed by atoms with Gasteiger partial charge in [0, 0.05) is 19.1 Å². The predicted molar refractivity (Wildman–Crippen MR) is 154 cm³/mol. The van der Waals surface area contributed by atoms with E-state index < -0.39 is 12.0 Å². The summed E-state index contributed by atoms with van der Waals surface area (Å²) in [5, 5.41) is 1.76. The van der Waals surface area contributed by atoms with Gasteiger partial charge in [-0.1, -0.05) is 91.0 Å². The van der Waals surface area contributed by atoms with Crippen molar-refractivity contribution in [3.05, 3.63) is 124 Å². The third-order valence-corrected chi connectivity index (χ3v) is 7.00. The first-order valence-corrected chi connectivity index (χ1v) is 13.8.